The van der Waals surface area contributed by atoms with E-state index in [4.69, 9.17) is 5.41 Å². The molecule has 0 bridgehead atoms. The van der Waals surface area contributed by atoms with Crippen molar-refractivity contribution in [1.29, 1.82) is 5.41 Å². The van der Waals surface area contributed by atoms with Gasteiger partial charge >= 0.3 is 0 Å². The molecular formula is C15H20N2O2S2. The summed E-state index contributed by atoms with van der Waals surface area (Å²) in [6, 6.07) is 6.15. The van der Waals surface area contributed by atoms with Gasteiger partial charge in [-0.15, -0.1) is 0 Å². The van der Waals surface area contributed by atoms with Gasteiger partial charge < -0.3 is 4.90 Å². The molecule has 2 saturated heterocycles. The fourth-order valence-corrected chi connectivity index (χ4v) is 7.07. The number of thioether (sulfide) groups is 1. The molecule has 0 aliphatic carbocycles. The summed E-state index contributed by atoms with van der Waals surface area (Å²) in [6.45, 7) is 4.21. The maximum Gasteiger partial charge on any atom is 0.161 e. The van der Waals surface area contributed by atoms with Crippen molar-refractivity contribution < 1.29 is 8.42 Å². The van der Waals surface area contributed by atoms with Crippen molar-refractivity contribution in [3.05, 3.63) is 29.3 Å². The Balaban J connectivity index is 2.09. The fraction of sp³-hybridized carbons (Fsp3) is 0.533. The average molecular weight is 324 g/mol. The average Bonchev–Trinajstić information content (AvgIpc) is 2.88. The van der Waals surface area contributed by atoms with Gasteiger partial charge in [0.25, 0.3) is 0 Å². The summed E-state index contributed by atoms with van der Waals surface area (Å²) in [6.07, 6.45) is 1.78. The smallest absolute Gasteiger partial charge is 0.161 e. The molecule has 0 aromatic heterocycles. The van der Waals surface area contributed by atoms with Gasteiger partial charge in [0.2, 0.25) is 0 Å². The third kappa shape index (κ3) is 2.48. The lowest BCUT2D eigenvalue weighted by molar-refractivity contribution is 0.601. The molecule has 21 heavy (non-hydrogen) atoms. The van der Waals surface area contributed by atoms with Crippen molar-refractivity contribution >= 4 is 32.5 Å². The Hall–Kier alpha value is -1.01. The lowest BCUT2D eigenvalue weighted by atomic mass is 10.0. The van der Waals surface area contributed by atoms with Gasteiger partial charge in [-0.1, -0.05) is 43.8 Å². The first kappa shape index (κ1) is 14.9. The molecule has 0 unspecified atom stereocenters. The fourth-order valence-electron chi connectivity index (χ4n) is 3.29. The predicted octanol–water partition coefficient (Wildman–Crippen LogP) is 2.46. The molecule has 4 nitrogen and oxygen atoms in total. The topological polar surface area (TPSA) is 61.2 Å². The van der Waals surface area contributed by atoms with E-state index >= 15 is 0 Å². The Labute approximate surface area is 130 Å². The van der Waals surface area contributed by atoms with Crippen LogP contribution in [0.2, 0.25) is 0 Å². The number of nitrogens with one attached hydrogen (secondary N) is 1. The zero-order valence-corrected chi connectivity index (χ0v) is 13.9. The summed E-state index contributed by atoms with van der Waals surface area (Å²) in [7, 11) is -2.97. The van der Waals surface area contributed by atoms with Gasteiger partial charge in [-0.2, -0.15) is 0 Å². The number of sulfone groups is 1. The van der Waals surface area contributed by atoms with Crippen LogP contribution in [0.5, 0.6) is 0 Å². The molecular weight excluding hydrogens is 304 g/mol. The second kappa shape index (κ2) is 5.32. The summed E-state index contributed by atoms with van der Waals surface area (Å²) < 4.78 is 23.9. The lowest BCUT2D eigenvalue weighted by Gasteiger charge is -2.28. The van der Waals surface area contributed by atoms with Crippen LogP contribution >= 0.6 is 11.8 Å². The van der Waals surface area contributed by atoms with Gasteiger partial charge in [-0.25, -0.2) is 8.42 Å². The van der Waals surface area contributed by atoms with Gasteiger partial charge in [-0.05, 0) is 24.0 Å². The van der Waals surface area contributed by atoms with E-state index < -0.39 is 9.84 Å². The number of fused-ring (bicyclic) bond motifs is 1. The second-order valence-corrected chi connectivity index (χ2v) is 8.99. The molecule has 2 aliphatic heterocycles. The van der Waals surface area contributed by atoms with Crippen LogP contribution in [0.25, 0.3) is 0 Å². The van der Waals surface area contributed by atoms with Crippen LogP contribution < -0.4 is 4.90 Å². The van der Waals surface area contributed by atoms with Gasteiger partial charge in [0.15, 0.2) is 15.0 Å². The molecule has 0 saturated carbocycles. The highest BCUT2D eigenvalue weighted by atomic mass is 32.2. The summed E-state index contributed by atoms with van der Waals surface area (Å²) in [5.41, 5.74) is 3.47. The van der Waals surface area contributed by atoms with Gasteiger partial charge in [0.1, 0.15) is 0 Å². The van der Waals surface area contributed by atoms with Crippen LogP contribution in [0.4, 0.5) is 5.69 Å². The van der Waals surface area contributed by atoms with E-state index in [1.165, 1.54) is 22.9 Å². The molecule has 2 aliphatic rings. The van der Waals surface area contributed by atoms with E-state index in [2.05, 4.69) is 32.0 Å². The van der Waals surface area contributed by atoms with Gasteiger partial charge in [0.05, 0.1) is 17.5 Å². The van der Waals surface area contributed by atoms with Crippen molar-refractivity contribution in [2.75, 3.05) is 16.4 Å². The Kier molecular flexibility index (Phi) is 3.78. The summed E-state index contributed by atoms with van der Waals surface area (Å²) in [5.74, 6) is 0.380. The first-order valence-electron chi connectivity index (χ1n) is 7.32. The summed E-state index contributed by atoms with van der Waals surface area (Å²) in [5, 5.41) is 8.82. The number of aryl methyl sites for hydroxylation is 2. The Morgan fingerprint density at radius 3 is 2.43 bits per heavy atom. The molecule has 1 N–H and O–H groups in total. The summed E-state index contributed by atoms with van der Waals surface area (Å²) in [4.78, 5) is 1.98. The molecule has 2 heterocycles. The highest BCUT2D eigenvalue weighted by Gasteiger charge is 2.49. The minimum absolute atomic E-state index is 0.0112. The Morgan fingerprint density at radius 1 is 1.24 bits per heavy atom. The minimum atomic E-state index is -2.97. The molecule has 1 aromatic carbocycles. The monoisotopic (exact) mass is 324 g/mol. The maximum atomic E-state index is 11.9. The van der Waals surface area contributed by atoms with Gasteiger partial charge in [0, 0.05) is 10.9 Å². The molecule has 2 atom stereocenters. The zero-order valence-electron chi connectivity index (χ0n) is 12.3. The number of hydrogen-bond acceptors (Lipinski definition) is 4. The van der Waals surface area contributed by atoms with E-state index in [9.17, 15) is 8.42 Å². The van der Waals surface area contributed by atoms with Crippen molar-refractivity contribution in [2.45, 2.75) is 38.0 Å². The highest BCUT2D eigenvalue weighted by Crippen LogP contribution is 2.42. The maximum absolute atomic E-state index is 11.9. The predicted molar refractivity (Wildman–Crippen MR) is 89.2 cm³/mol. The van der Waals surface area contributed by atoms with Crippen LogP contribution in [0.1, 0.15) is 25.0 Å². The van der Waals surface area contributed by atoms with Gasteiger partial charge in [-0.3, -0.25) is 5.41 Å². The van der Waals surface area contributed by atoms with Crippen LogP contribution in [-0.2, 0) is 22.7 Å². The van der Waals surface area contributed by atoms with E-state index in [1.807, 2.05) is 4.90 Å². The first-order valence-corrected chi connectivity index (χ1v) is 10.0. The minimum Gasteiger partial charge on any atom is -0.316 e. The van der Waals surface area contributed by atoms with Crippen molar-refractivity contribution in [3.63, 3.8) is 0 Å². The van der Waals surface area contributed by atoms with Crippen LogP contribution in [0.15, 0.2) is 18.2 Å². The number of nitrogens with zero attached hydrogens (tertiary/aromatic N) is 1. The summed E-state index contributed by atoms with van der Waals surface area (Å²) >= 11 is 1.41. The van der Waals surface area contributed by atoms with Crippen molar-refractivity contribution in [3.8, 4) is 0 Å². The highest BCUT2D eigenvalue weighted by molar-refractivity contribution is 8.15. The van der Waals surface area contributed by atoms with Crippen molar-refractivity contribution in [1.82, 2.24) is 0 Å². The number of benzene rings is 1. The van der Waals surface area contributed by atoms with E-state index in [0.29, 0.717) is 5.17 Å². The third-order valence-corrected chi connectivity index (χ3v) is 7.42. The van der Waals surface area contributed by atoms with E-state index in [1.54, 1.807) is 0 Å². The third-order valence-electron chi connectivity index (χ3n) is 4.29. The van der Waals surface area contributed by atoms with Crippen LogP contribution in [0, 0.1) is 5.41 Å². The Morgan fingerprint density at radius 2 is 1.86 bits per heavy atom. The quantitative estimate of drug-likeness (QED) is 0.928. The molecule has 3 rings (SSSR count). The number of amidine groups is 1. The largest absolute Gasteiger partial charge is 0.316 e. The molecule has 2 fully saturated rings. The number of hydrogen-bond donors (Lipinski definition) is 1. The second-order valence-electron chi connectivity index (χ2n) is 5.61. The van der Waals surface area contributed by atoms with Crippen molar-refractivity contribution in [2.24, 2.45) is 0 Å². The molecule has 0 amide bonds. The lowest BCUT2D eigenvalue weighted by Crippen LogP contribution is -2.38. The molecule has 114 valence electrons. The zero-order chi connectivity index (χ0) is 15.2. The molecule has 0 radical (unpaired) electrons. The SMILES string of the molecule is CCc1cccc(CC)c1N1C(=N)S[C@H]2CS(=O)(=O)C[C@H]21. The Bertz CT molecular complexity index is 663. The first-order chi connectivity index (χ1) is 9.96. The number of rotatable bonds is 3. The standard InChI is InChI=1S/C15H20N2O2S2/c1-3-10-6-5-7-11(4-2)14(10)17-12-8-21(18,19)9-13(12)20-15(17)16/h5-7,12-13,16H,3-4,8-9H2,1-2H3/t12-,13+/m1/s1. The van der Waals surface area contributed by atoms with Crippen LogP contribution in [-0.4, -0.2) is 36.4 Å². The van der Waals surface area contributed by atoms with Crippen LogP contribution in [0.3, 0.4) is 0 Å². The van der Waals surface area contributed by atoms with E-state index in [-0.39, 0.29) is 22.8 Å². The molecule has 1 aromatic rings. The number of para-hydroxylation sites is 1. The number of anilines is 1. The normalized spacial score (nSPS) is 27.1. The van der Waals surface area contributed by atoms with E-state index in [0.717, 1.165) is 18.5 Å². The molecule has 6 heteroatoms. The molecule has 0 spiro atoms.